The summed E-state index contributed by atoms with van der Waals surface area (Å²) in [5.74, 6) is 0. The minimum atomic E-state index is -3.23. The molecule has 0 aromatic rings. The van der Waals surface area contributed by atoms with Crippen LogP contribution in [0.15, 0.2) is 0 Å². The Balaban J connectivity index is 5.33. The average Bonchev–Trinajstić information content (AvgIpc) is 1.76. The summed E-state index contributed by atoms with van der Waals surface area (Å²) in [6.45, 7) is -11.8. The predicted molar refractivity (Wildman–Crippen MR) is 24.2 cm³/mol. The number of hydrogen-bond acceptors (Lipinski definition) is 1. The Labute approximate surface area is 47.6 Å². The molecule has 0 aromatic carbocycles. The van der Waals surface area contributed by atoms with Crippen LogP contribution in [0.25, 0.3) is 0 Å². The fraction of sp³-hybridized carbons (Fsp3) is 1.00. The van der Waals surface area contributed by atoms with E-state index in [1.165, 1.54) is 0 Å². The second-order valence-corrected chi connectivity index (χ2v) is 0.465. The summed E-state index contributed by atoms with van der Waals surface area (Å²) < 4.78 is 69.3. The first-order chi connectivity index (χ1) is 6.31. The van der Waals surface area contributed by atoms with E-state index < -0.39 is 32.2 Å². The van der Waals surface area contributed by atoms with Crippen LogP contribution in [0.3, 0.4) is 0 Å². The van der Waals surface area contributed by atoms with Crippen LogP contribution in [0.2, 0.25) is 0 Å². The summed E-state index contributed by atoms with van der Waals surface area (Å²) in [5.41, 5.74) is 0. The summed E-state index contributed by atoms with van der Waals surface area (Å²) in [5, 5.41) is 0. The molecule has 0 bridgehead atoms. The zero-order valence-electron chi connectivity index (χ0n) is 12.5. The summed E-state index contributed by atoms with van der Waals surface area (Å²) in [6.07, 6.45) is 0. The van der Waals surface area contributed by atoms with Crippen molar-refractivity contribution < 1.29 is 13.7 Å². The maximum atomic E-state index is 7.15. The van der Waals surface area contributed by atoms with Gasteiger partial charge in [0.05, 0.1) is 0 Å². The van der Waals surface area contributed by atoms with Gasteiger partial charge in [-0.15, -0.1) is 0 Å². The largest absolute Gasteiger partial charge is 0.310 e. The van der Waals surface area contributed by atoms with Gasteiger partial charge in [0.25, 0.3) is 0 Å². The molecule has 0 unspecified atom stereocenters. The van der Waals surface area contributed by atoms with Crippen LogP contribution in [0, 0.1) is 0 Å². The van der Waals surface area contributed by atoms with Crippen molar-refractivity contribution in [3.8, 4) is 0 Å². The molecule has 0 spiro atoms. The molecule has 0 aliphatic heterocycles. The van der Waals surface area contributed by atoms with Crippen LogP contribution in [0.1, 0.15) is 20.6 Å². The maximum absolute atomic E-state index is 7.15. The van der Waals surface area contributed by atoms with Gasteiger partial charge in [-0.05, 0) is 20.4 Å². The highest BCUT2D eigenvalue weighted by Crippen LogP contribution is 1.63. The molecule has 0 rings (SSSR count). The highest BCUT2D eigenvalue weighted by atomic mass is 15.0. The van der Waals surface area contributed by atoms with E-state index >= 15 is 0 Å². The van der Waals surface area contributed by atoms with Crippen molar-refractivity contribution in [3.05, 3.63) is 0 Å². The minimum Gasteiger partial charge on any atom is -0.310 e. The number of hydrogen-bond donors (Lipinski definition) is 0. The molecule has 0 aromatic heterocycles. The topological polar surface area (TPSA) is 3.24 Å². The van der Waals surface area contributed by atoms with Crippen LogP contribution in [0.5, 0.6) is 0 Å². The summed E-state index contributed by atoms with van der Waals surface area (Å²) in [6, 6.07) is 0. The van der Waals surface area contributed by atoms with Gasteiger partial charge in [0.15, 0.2) is 0 Å². The molecule has 0 aliphatic carbocycles. The van der Waals surface area contributed by atoms with E-state index in [0.29, 0.717) is 0 Å². The smallest absolute Gasteiger partial charge is 0.0427 e. The minimum absolute atomic E-state index is 0.405. The Morgan fingerprint density at radius 1 is 2.00 bits per heavy atom. The number of nitrogens with zero attached hydrogens (tertiary/aromatic N) is 1. The van der Waals surface area contributed by atoms with E-state index in [1.54, 1.807) is 0 Å². The van der Waals surface area contributed by atoms with Gasteiger partial charge < -0.3 is 4.90 Å². The van der Waals surface area contributed by atoms with Gasteiger partial charge >= 0.3 is 0 Å². The quantitative estimate of drug-likeness (QED) is 0.448. The van der Waals surface area contributed by atoms with Crippen molar-refractivity contribution in [2.75, 3.05) is 20.4 Å². The predicted octanol–water partition coefficient (Wildman–Crippen LogP) is 0.568. The third-order valence-corrected chi connectivity index (χ3v) is 0.129. The monoisotopic (exact) mass is 83.2 g/mol. The van der Waals surface area contributed by atoms with Crippen molar-refractivity contribution in [3.63, 3.8) is 0 Å². The van der Waals surface area contributed by atoms with Gasteiger partial charge in [0, 0.05) is 13.7 Å². The highest BCUT2D eigenvalue weighted by Gasteiger charge is 1.72. The Hall–Kier alpha value is -0.0400. The molecule has 0 aliphatic rings. The molecule has 0 fully saturated rings. The molecular weight excluding hydrogens is 62.1 g/mol. The molecule has 0 heterocycles. The SMILES string of the molecule is [2H]C([2H])C([2H])([2H])N(C([2H])([2H])[2H])C([2H])([2H])[2H]. The fourth-order valence-corrected chi connectivity index (χ4v) is 0. The standard InChI is InChI=1S/C4H11N/c1-4-5(2)3/h4H2,1-3H3/i1D2,2D3,3D3,4D2. The first-order valence-electron chi connectivity index (χ1n) is 6.11. The third-order valence-electron chi connectivity index (χ3n) is 0.129. The van der Waals surface area contributed by atoms with E-state index in [0.717, 1.165) is 0 Å². The third kappa shape index (κ3) is 3.96. The normalized spacial score (nSPS) is 47.6. The summed E-state index contributed by atoms with van der Waals surface area (Å²) in [7, 11) is 0. The van der Waals surface area contributed by atoms with Gasteiger partial charge in [-0.3, -0.25) is 0 Å². The Morgan fingerprint density at radius 2 is 2.80 bits per heavy atom. The van der Waals surface area contributed by atoms with E-state index in [-0.39, 0.29) is 0 Å². The molecule has 1 nitrogen and oxygen atoms in total. The van der Waals surface area contributed by atoms with Crippen molar-refractivity contribution >= 4 is 0 Å². The molecule has 32 valence electrons. The van der Waals surface area contributed by atoms with Crippen molar-refractivity contribution in [1.29, 1.82) is 0 Å². The molecule has 0 radical (unpaired) electrons. The van der Waals surface area contributed by atoms with E-state index in [4.69, 9.17) is 13.7 Å². The van der Waals surface area contributed by atoms with Gasteiger partial charge in [-0.25, -0.2) is 0 Å². The highest BCUT2D eigenvalue weighted by molar-refractivity contribution is 4.25. The Bertz CT molecular complexity index is 198. The molecule has 5 heavy (non-hydrogen) atoms. The Kier molecular flexibility index (Phi) is 0.177. The van der Waals surface area contributed by atoms with Crippen LogP contribution in [0.4, 0.5) is 0 Å². The molecule has 0 saturated heterocycles. The number of rotatable bonds is 1. The first-order valence-corrected chi connectivity index (χ1v) is 0.959. The van der Waals surface area contributed by atoms with Crippen LogP contribution >= 0.6 is 0 Å². The van der Waals surface area contributed by atoms with E-state index in [9.17, 15) is 0 Å². The lowest BCUT2D eigenvalue weighted by Gasteiger charge is -2.00. The second kappa shape index (κ2) is 2.21. The van der Waals surface area contributed by atoms with Crippen LogP contribution in [-0.2, 0) is 0 Å². The molecule has 0 N–H and O–H groups in total. The zero-order chi connectivity index (χ0) is 12.7. The maximum Gasteiger partial charge on any atom is 0.0427 e. The fourth-order valence-electron chi connectivity index (χ4n) is 0. The van der Waals surface area contributed by atoms with E-state index in [2.05, 4.69) is 0 Å². The zero-order valence-corrected chi connectivity index (χ0v) is 2.52. The summed E-state index contributed by atoms with van der Waals surface area (Å²) in [4.78, 5) is -0.405. The second-order valence-electron chi connectivity index (χ2n) is 0.465. The molecule has 1 heteroatoms. The molecule has 0 amide bonds. The van der Waals surface area contributed by atoms with Crippen LogP contribution in [-0.4, -0.2) is 25.3 Å². The first kappa shape index (κ1) is 0.399. The molecule has 0 atom stereocenters. The summed E-state index contributed by atoms with van der Waals surface area (Å²) >= 11 is 0. The van der Waals surface area contributed by atoms with Crippen molar-refractivity contribution in [2.24, 2.45) is 0 Å². The van der Waals surface area contributed by atoms with Gasteiger partial charge in [0.2, 0.25) is 0 Å². The lowest BCUT2D eigenvalue weighted by atomic mass is 10.7. The van der Waals surface area contributed by atoms with Gasteiger partial charge in [-0.2, -0.15) is 0 Å². The lowest BCUT2D eigenvalue weighted by molar-refractivity contribution is 0.434. The van der Waals surface area contributed by atoms with Crippen LogP contribution < -0.4 is 0 Å². The van der Waals surface area contributed by atoms with Gasteiger partial charge in [0.1, 0.15) is 0 Å². The lowest BCUT2D eigenvalue weighted by Crippen LogP contribution is -2.08. The van der Waals surface area contributed by atoms with Crippen molar-refractivity contribution in [2.45, 2.75) is 6.88 Å². The molecule has 0 saturated carbocycles. The van der Waals surface area contributed by atoms with Gasteiger partial charge in [-0.1, -0.05) is 6.88 Å². The Morgan fingerprint density at radius 3 is 3.00 bits per heavy atom. The van der Waals surface area contributed by atoms with Crippen molar-refractivity contribution in [1.82, 2.24) is 4.90 Å². The molecular formula is C4H11N. The van der Waals surface area contributed by atoms with E-state index in [1.807, 2.05) is 0 Å². The average molecular weight is 83.2 g/mol.